The molecule has 7 nitrogen and oxygen atoms in total. The molecule has 0 bridgehead atoms. The number of guanidine groups is 1. The molecule has 0 unspecified atom stereocenters. The molecule has 1 aliphatic rings. The van der Waals surface area contributed by atoms with Crippen molar-refractivity contribution < 1.29 is 0 Å². The lowest BCUT2D eigenvalue weighted by atomic mass is 10.1. The van der Waals surface area contributed by atoms with Gasteiger partial charge in [-0.1, -0.05) is 0 Å². The monoisotopic (exact) mass is 369 g/mol. The molecule has 2 N–H and O–H groups in total. The van der Waals surface area contributed by atoms with Gasteiger partial charge in [-0.05, 0) is 50.8 Å². The number of anilines is 1. The molecule has 7 heteroatoms. The van der Waals surface area contributed by atoms with Crippen molar-refractivity contribution in [2.45, 2.75) is 46.2 Å². The number of hydrogen-bond donors (Lipinski definition) is 2. The lowest BCUT2D eigenvalue weighted by molar-refractivity contribution is 0.573. The fourth-order valence-corrected chi connectivity index (χ4v) is 3.52. The van der Waals surface area contributed by atoms with Crippen LogP contribution >= 0.6 is 0 Å². The summed E-state index contributed by atoms with van der Waals surface area (Å²) in [6.45, 7) is 7.77. The highest BCUT2D eigenvalue weighted by atomic mass is 15.3. The van der Waals surface area contributed by atoms with Crippen LogP contribution in [0.25, 0.3) is 0 Å². The molecular formula is C20H31N7. The van der Waals surface area contributed by atoms with E-state index in [1.54, 1.807) is 7.05 Å². The van der Waals surface area contributed by atoms with Crippen LogP contribution in [0.15, 0.2) is 23.3 Å². The van der Waals surface area contributed by atoms with Crippen LogP contribution in [0.3, 0.4) is 0 Å². The smallest absolute Gasteiger partial charge is 0.191 e. The summed E-state index contributed by atoms with van der Waals surface area (Å²) < 4.78 is 1.92. The van der Waals surface area contributed by atoms with Gasteiger partial charge in [-0.2, -0.15) is 5.10 Å². The van der Waals surface area contributed by atoms with Gasteiger partial charge in [-0.25, -0.2) is 4.98 Å². The molecule has 0 amide bonds. The normalized spacial score (nSPS) is 15.1. The summed E-state index contributed by atoms with van der Waals surface area (Å²) in [5.41, 5.74) is 4.66. The fraction of sp³-hybridized carbons (Fsp3) is 0.550. The van der Waals surface area contributed by atoms with Crippen LogP contribution in [0.5, 0.6) is 0 Å². The summed E-state index contributed by atoms with van der Waals surface area (Å²) in [4.78, 5) is 11.3. The standard InChI is InChI=1S/C20H31N7/c1-15-18(16(2)26(4)25-15)14-24-20(21-3)23-13-17-8-9-22-19(12-17)27-10-6-5-7-11-27/h8-9,12H,5-7,10-11,13-14H2,1-4H3,(H2,21,23,24). The average molecular weight is 370 g/mol. The second-order valence-electron chi connectivity index (χ2n) is 7.12. The number of aliphatic imine (C=N–C) groups is 1. The maximum Gasteiger partial charge on any atom is 0.191 e. The zero-order valence-electron chi connectivity index (χ0n) is 16.9. The summed E-state index contributed by atoms with van der Waals surface area (Å²) in [6, 6.07) is 4.24. The van der Waals surface area contributed by atoms with E-state index < -0.39 is 0 Å². The van der Waals surface area contributed by atoms with E-state index in [9.17, 15) is 0 Å². The molecule has 3 heterocycles. The summed E-state index contributed by atoms with van der Waals surface area (Å²) in [7, 11) is 3.77. The molecule has 1 aliphatic heterocycles. The molecule has 0 saturated carbocycles. The van der Waals surface area contributed by atoms with Gasteiger partial charge in [0.15, 0.2) is 5.96 Å². The number of pyridine rings is 1. The number of nitrogens with zero attached hydrogens (tertiary/aromatic N) is 5. The fourth-order valence-electron chi connectivity index (χ4n) is 3.52. The summed E-state index contributed by atoms with van der Waals surface area (Å²) in [5, 5.41) is 11.3. The van der Waals surface area contributed by atoms with E-state index in [1.807, 2.05) is 24.9 Å². The zero-order chi connectivity index (χ0) is 19.2. The topological polar surface area (TPSA) is 70.4 Å². The first kappa shape index (κ1) is 19.2. The van der Waals surface area contributed by atoms with Crippen molar-refractivity contribution in [3.63, 3.8) is 0 Å². The van der Waals surface area contributed by atoms with Crippen molar-refractivity contribution in [3.05, 3.63) is 40.8 Å². The number of hydrogen-bond acceptors (Lipinski definition) is 4. The maximum absolute atomic E-state index is 4.55. The van der Waals surface area contributed by atoms with E-state index in [0.29, 0.717) is 13.1 Å². The van der Waals surface area contributed by atoms with Crippen LogP contribution < -0.4 is 15.5 Å². The number of piperidine rings is 1. The Kier molecular flexibility index (Phi) is 6.32. The van der Waals surface area contributed by atoms with Crippen LogP contribution in [-0.4, -0.2) is 40.9 Å². The lowest BCUT2D eigenvalue weighted by Crippen LogP contribution is -2.36. The maximum atomic E-state index is 4.55. The summed E-state index contributed by atoms with van der Waals surface area (Å²) in [6.07, 6.45) is 5.75. The van der Waals surface area contributed by atoms with E-state index in [1.165, 1.54) is 36.1 Å². The summed E-state index contributed by atoms with van der Waals surface area (Å²) in [5.74, 6) is 1.87. The molecule has 1 saturated heterocycles. The second-order valence-corrected chi connectivity index (χ2v) is 7.12. The van der Waals surface area contributed by atoms with E-state index in [0.717, 1.165) is 30.6 Å². The Morgan fingerprint density at radius 3 is 2.56 bits per heavy atom. The minimum absolute atomic E-state index is 0.709. The van der Waals surface area contributed by atoms with Gasteiger partial charge in [0, 0.05) is 57.7 Å². The highest BCUT2D eigenvalue weighted by molar-refractivity contribution is 5.79. The van der Waals surface area contributed by atoms with Crippen LogP contribution in [0.1, 0.15) is 41.8 Å². The third-order valence-electron chi connectivity index (χ3n) is 5.27. The van der Waals surface area contributed by atoms with Gasteiger partial charge in [0.1, 0.15) is 5.82 Å². The molecule has 1 fully saturated rings. The molecule has 0 aliphatic carbocycles. The van der Waals surface area contributed by atoms with Crippen LogP contribution in [0.2, 0.25) is 0 Å². The van der Waals surface area contributed by atoms with Gasteiger partial charge < -0.3 is 15.5 Å². The molecule has 0 aromatic carbocycles. The van der Waals surface area contributed by atoms with Crippen molar-refractivity contribution in [2.75, 3.05) is 25.0 Å². The van der Waals surface area contributed by atoms with Crippen molar-refractivity contribution in [1.82, 2.24) is 25.4 Å². The van der Waals surface area contributed by atoms with Crippen molar-refractivity contribution in [2.24, 2.45) is 12.0 Å². The molecule has 2 aromatic heterocycles. The molecule has 0 radical (unpaired) electrons. The van der Waals surface area contributed by atoms with Gasteiger partial charge in [0.25, 0.3) is 0 Å². The highest BCUT2D eigenvalue weighted by Gasteiger charge is 2.13. The van der Waals surface area contributed by atoms with Crippen LogP contribution in [0.4, 0.5) is 5.82 Å². The molecule has 27 heavy (non-hydrogen) atoms. The molecule has 0 atom stereocenters. The quantitative estimate of drug-likeness (QED) is 0.625. The predicted octanol–water partition coefficient (Wildman–Crippen LogP) is 2.29. The van der Waals surface area contributed by atoms with Gasteiger partial charge in [0.2, 0.25) is 0 Å². The van der Waals surface area contributed by atoms with Crippen LogP contribution in [0, 0.1) is 13.8 Å². The second kappa shape index (κ2) is 8.88. The predicted molar refractivity (Wildman–Crippen MR) is 110 cm³/mol. The first-order valence-corrected chi connectivity index (χ1v) is 9.72. The minimum atomic E-state index is 0.709. The Bertz CT molecular complexity index is 788. The molecule has 3 rings (SSSR count). The number of rotatable bonds is 5. The number of aryl methyl sites for hydroxylation is 2. The zero-order valence-corrected chi connectivity index (χ0v) is 16.9. The molecule has 0 spiro atoms. The highest BCUT2D eigenvalue weighted by Crippen LogP contribution is 2.18. The summed E-state index contributed by atoms with van der Waals surface area (Å²) >= 11 is 0. The Balaban J connectivity index is 1.56. The average Bonchev–Trinajstić information content (AvgIpc) is 2.94. The minimum Gasteiger partial charge on any atom is -0.357 e. The third-order valence-corrected chi connectivity index (χ3v) is 5.27. The molecule has 146 valence electrons. The first-order valence-electron chi connectivity index (χ1n) is 9.72. The Labute approximate surface area is 161 Å². The largest absolute Gasteiger partial charge is 0.357 e. The van der Waals surface area contributed by atoms with Crippen molar-refractivity contribution in [3.8, 4) is 0 Å². The third kappa shape index (κ3) is 4.78. The van der Waals surface area contributed by atoms with E-state index >= 15 is 0 Å². The van der Waals surface area contributed by atoms with Gasteiger partial charge in [0.05, 0.1) is 5.69 Å². The van der Waals surface area contributed by atoms with Crippen molar-refractivity contribution in [1.29, 1.82) is 0 Å². The van der Waals surface area contributed by atoms with Gasteiger partial charge in [-0.3, -0.25) is 9.67 Å². The molecular weight excluding hydrogens is 338 g/mol. The Morgan fingerprint density at radius 1 is 1.15 bits per heavy atom. The SMILES string of the molecule is CN=C(NCc1ccnc(N2CCCCC2)c1)NCc1c(C)nn(C)c1C. The number of nitrogens with one attached hydrogen (secondary N) is 2. The van der Waals surface area contributed by atoms with Gasteiger partial charge in [-0.15, -0.1) is 0 Å². The van der Waals surface area contributed by atoms with Crippen LogP contribution in [-0.2, 0) is 20.1 Å². The van der Waals surface area contributed by atoms with Crippen molar-refractivity contribution >= 4 is 11.8 Å². The number of aromatic nitrogens is 3. The van der Waals surface area contributed by atoms with E-state index in [-0.39, 0.29) is 0 Å². The Morgan fingerprint density at radius 2 is 1.89 bits per heavy atom. The van der Waals surface area contributed by atoms with E-state index in [2.05, 4.69) is 49.7 Å². The first-order chi connectivity index (χ1) is 13.1. The lowest BCUT2D eigenvalue weighted by Gasteiger charge is -2.28. The van der Waals surface area contributed by atoms with Gasteiger partial charge >= 0.3 is 0 Å². The Hall–Kier alpha value is -2.57. The van der Waals surface area contributed by atoms with E-state index in [4.69, 9.17) is 0 Å². The molecule has 2 aromatic rings.